The molecule has 0 aliphatic carbocycles. The average molecular weight is 242 g/mol. The summed E-state index contributed by atoms with van der Waals surface area (Å²) in [5, 5.41) is 7.92. The van der Waals surface area contributed by atoms with Crippen molar-refractivity contribution in [2.45, 2.75) is 0 Å². The molecular weight excluding hydrogens is 231 g/mol. The number of aromatic nitrogens is 2. The first-order chi connectivity index (χ1) is 8.79. The van der Waals surface area contributed by atoms with Crippen LogP contribution in [0.4, 0.5) is 4.39 Å². The monoisotopic (exact) mass is 242 g/mol. The number of ether oxygens (including phenoxy) is 1. The molecule has 3 rings (SSSR count). The zero-order valence-corrected chi connectivity index (χ0v) is 9.77. The highest BCUT2D eigenvalue weighted by Gasteiger charge is 2.10. The number of H-pyrrole nitrogens is 1. The molecular formula is C14H11FN2O. The minimum absolute atomic E-state index is 0.310. The van der Waals surface area contributed by atoms with Crippen molar-refractivity contribution >= 4 is 10.9 Å². The van der Waals surface area contributed by atoms with Crippen molar-refractivity contribution in [3.8, 4) is 16.9 Å². The number of rotatable bonds is 2. The van der Waals surface area contributed by atoms with Crippen molar-refractivity contribution in [2.75, 3.05) is 7.11 Å². The second kappa shape index (κ2) is 4.14. The van der Waals surface area contributed by atoms with E-state index in [1.807, 2.05) is 18.2 Å². The molecule has 1 heterocycles. The van der Waals surface area contributed by atoms with Crippen LogP contribution >= 0.6 is 0 Å². The summed E-state index contributed by atoms with van der Waals surface area (Å²) >= 11 is 0. The molecule has 1 N–H and O–H groups in total. The molecule has 18 heavy (non-hydrogen) atoms. The Morgan fingerprint density at radius 1 is 1.17 bits per heavy atom. The van der Waals surface area contributed by atoms with E-state index in [4.69, 9.17) is 4.74 Å². The third kappa shape index (κ3) is 1.62. The van der Waals surface area contributed by atoms with Gasteiger partial charge in [-0.25, -0.2) is 4.39 Å². The van der Waals surface area contributed by atoms with Gasteiger partial charge in [-0.3, -0.25) is 5.10 Å². The maximum atomic E-state index is 13.2. The van der Waals surface area contributed by atoms with Crippen LogP contribution in [0.3, 0.4) is 0 Å². The van der Waals surface area contributed by atoms with Gasteiger partial charge in [-0.05, 0) is 23.8 Å². The zero-order valence-electron chi connectivity index (χ0n) is 9.77. The van der Waals surface area contributed by atoms with Crippen molar-refractivity contribution in [3.63, 3.8) is 0 Å². The Morgan fingerprint density at radius 3 is 2.89 bits per heavy atom. The molecule has 0 unspecified atom stereocenters. The van der Waals surface area contributed by atoms with E-state index in [0.29, 0.717) is 5.75 Å². The normalized spacial score (nSPS) is 10.8. The predicted molar refractivity (Wildman–Crippen MR) is 68.0 cm³/mol. The summed E-state index contributed by atoms with van der Waals surface area (Å²) in [6, 6.07) is 10.4. The van der Waals surface area contributed by atoms with E-state index in [1.54, 1.807) is 12.3 Å². The molecule has 0 aliphatic rings. The molecule has 3 aromatic rings. The number of halogens is 1. The molecule has 4 heteroatoms. The highest BCUT2D eigenvalue weighted by molar-refractivity contribution is 5.95. The molecule has 3 nitrogen and oxygen atoms in total. The highest BCUT2D eigenvalue weighted by Crippen LogP contribution is 2.34. The van der Waals surface area contributed by atoms with E-state index in [2.05, 4.69) is 10.2 Å². The average Bonchev–Trinajstić information content (AvgIpc) is 2.86. The van der Waals surface area contributed by atoms with E-state index in [0.717, 1.165) is 22.0 Å². The van der Waals surface area contributed by atoms with Crippen molar-refractivity contribution in [3.05, 3.63) is 48.4 Å². The van der Waals surface area contributed by atoms with Gasteiger partial charge in [0.15, 0.2) is 0 Å². The summed E-state index contributed by atoms with van der Waals surface area (Å²) in [6.45, 7) is 0. The maximum absolute atomic E-state index is 13.2. The summed E-state index contributed by atoms with van der Waals surface area (Å²) < 4.78 is 18.4. The fourth-order valence-corrected chi connectivity index (χ4v) is 2.09. The Hall–Kier alpha value is -2.36. The van der Waals surface area contributed by atoms with Crippen LogP contribution in [0.25, 0.3) is 22.0 Å². The molecule has 0 amide bonds. The van der Waals surface area contributed by atoms with Gasteiger partial charge in [0.2, 0.25) is 0 Å². The van der Waals surface area contributed by atoms with Gasteiger partial charge < -0.3 is 4.74 Å². The topological polar surface area (TPSA) is 37.9 Å². The van der Waals surface area contributed by atoms with Crippen LogP contribution in [-0.2, 0) is 0 Å². The minimum atomic E-state index is -0.310. The first-order valence-electron chi connectivity index (χ1n) is 5.55. The molecule has 1 aromatic heterocycles. The van der Waals surface area contributed by atoms with Crippen LogP contribution in [0, 0.1) is 5.82 Å². The molecule has 90 valence electrons. The third-order valence-corrected chi connectivity index (χ3v) is 2.94. The zero-order chi connectivity index (χ0) is 12.5. The van der Waals surface area contributed by atoms with Gasteiger partial charge in [0.1, 0.15) is 11.6 Å². The number of methoxy groups -OCH3 is 1. The van der Waals surface area contributed by atoms with E-state index in [9.17, 15) is 4.39 Å². The van der Waals surface area contributed by atoms with Crippen LogP contribution in [-0.4, -0.2) is 17.3 Å². The number of fused-ring (bicyclic) bond motifs is 1. The number of nitrogens with zero attached hydrogens (tertiary/aromatic N) is 1. The van der Waals surface area contributed by atoms with Gasteiger partial charge in [0.25, 0.3) is 0 Å². The second-order valence-corrected chi connectivity index (χ2v) is 3.98. The number of benzene rings is 2. The van der Waals surface area contributed by atoms with Gasteiger partial charge in [-0.15, -0.1) is 0 Å². The third-order valence-electron chi connectivity index (χ3n) is 2.94. The second-order valence-electron chi connectivity index (χ2n) is 3.98. The highest BCUT2D eigenvalue weighted by atomic mass is 19.1. The molecule has 0 bridgehead atoms. The van der Waals surface area contributed by atoms with Gasteiger partial charge in [-0.1, -0.05) is 12.1 Å². The van der Waals surface area contributed by atoms with E-state index < -0.39 is 0 Å². The lowest BCUT2D eigenvalue weighted by Crippen LogP contribution is -1.89. The molecule has 0 saturated heterocycles. The van der Waals surface area contributed by atoms with E-state index >= 15 is 0 Å². The largest absolute Gasteiger partial charge is 0.496 e. The lowest BCUT2D eigenvalue weighted by molar-refractivity contribution is 0.413. The Bertz CT molecular complexity index is 706. The van der Waals surface area contributed by atoms with Gasteiger partial charge >= 0.3 is 0 Å². The van der Waals surface area contributed by atoms with Crippen molar-refractivity contribution < 1.29 is 9.13 Å². The summed E-state index contributed by atoms with van der Waals surface area (Å²) in [5.74, 6) is 0.207. The lowest BCUT2D eigenvalue weighted by atomic mass is 10.0. The van der Waals surface area contributed by atoms with Gasteiger partial charge in [0.05, 0.1) is 18.8 Å². The Labute approximate surface area is 103 Å². The van der Waals surface area contributed by atoms with Crippen LogP contribution in [0.1, 0.15) is 0 Å². The fraction of sp³-hybridized carbons (Fsp3) is 0.0714. The molecule has 0 saturated carbocycles. The number of hydrogen-bond acceptors (Lipinski definition) is 2. The van der Waals surface area contributed by atoms with Crippen LogP contribution in [0.15, 0.2) is 42.6 Å². The van der Waals surface area contributed by atoms with Crippen molar-refractivity contribution in [1.82, 2.24) is 10.2 Å². The van der Waals surface area contributed by atoms with Gasteiger partial charge in [0, 0.05) is 17.0 Å². The molecule has 0 spiro atoms. The SMILES string of the molecule is COc1cc(F)ccc1-c1cccc2[nH]ncc12. The molecule has 0 atom stereocenters. The summed E-state index contributed by atoms with van der Waals surface area (Å²) in [6.07, 6.45) is 1.76. The fourth-order valence-electron chi connectivity index (χ4n) is 2.09. The quantitative estimate of drug-likeness (QED) is 0.748. The summed E-state index contributed by atoms with van der Waals surface area (Å²) in [4.78, 5) is 0. The molecule has 2 aromatic carbocycles. The van der Waals surface area contributed by atoms with Crippen LogP contribution in [0.5, 0.6) is 5.75 Å². The van der Waals surface area contributed by atoms with Crippen LogP contribution in [0.2, 0.25) is 0 Å². The number of nitrogens with one attached hydrogen (secondary N) is 1. The van der Waals surface area contributed by atoms with Crippen molar-refractivity contribution in [1.29, 1.82) is 0 Å². The lowest BCUT2D eigenvalue weighted by Gasteiger charge is -2.09. The first-order valence-corrected chi connectivity index (χ1v) is 5.55. The Balaban J connectivity index is 2.29. The van der Waals surface area contributed by atoms with Gasteiger partial charge in [-0.2, -0.15) is 5.10 Å². The molecule has 0 fully saturated rings. The first kappa shape index (κ1) is 10.8. The standard InChI is InChI=1S/C14H11FN2O/c1-18-14-7-9(15)5-6-11(14)10-3-2-4-13-12(10)8-16-17-13/h2-8H,1H3,(H,16,17). The van der Waals surface area contributed by atoms with E-state index in [1.165, 1.54) is 19.2 Å². The summed E-state index contributed by atoms with van der Waals surface area (Å²) in [5.41, 5.74) is 2.77. The molecule has 0 aliphatic heterocycles. The number of aromatic amines is 1. The molecule has 0 radical (unpaired) electrons. The number of hydrogen-bond donors (Lipinski definition) is 1. The predicted octanol–water partition coefficient (Wildman–Crippen LogP) is 3.38. The van der Waals surface area contributed by atoms with Crippen molar-refractivity contribution in [2.24, 2.45) is 0 Å². The Kier molecular flexibility index (Phi) is 2.48. The van der Waals surface area contributed by atoms with E-state index in [-0.39, 0.29) is 5.82 Å². The summed E-state index contributed by atoms with van der Waals surface area (Å²) in [7, 11) is 1.54. The van der Waals surface area contributed by atoms with Crippen LogP contribution < -0.4 is 4.74 Å². The minimum Gasteiger partial charge on any atom is -0.496 e. The smallest absolute Gasteiger partial charge is 0.129 e. The Morgan fingerprint density at radius 2 is 2.06 bits per heavy atom. The maximum Gasteiger partial charge on any atom is 0.129 e.